The Morgan fingerprint density at radius 1 is 0.964 bits per heavy atom. The van der Waals surface area contributed by atoms with Crippen LogP contribution in [0.4, 0.5) is 0 Å². The van der Waals surface area contributed by atoms with Crippen LogP contribution in [0.15, 0.2) is 40.9 Å². The van der Waals surface area contributed by atoms with E-state index in [0.29, 0.717) is 12.6 Å². The van der Waals surface area contributed by atoms with Crippen LogP contribution < -0.4 is 14.8 Å². The van der Waals surface area contributed by atoms with Gasteiger partial charge in [-0.15, -0.1) is 0 Å². The third-order valence-electron chi connectivity index (χ3n) is 5.66. The first kappa shape index (κ1) is 21.2. The van der Waals surface area contributed by atoms with E-state index in [9.17, 15) is 0 Å². The SMILES string of the molecule is COc1cc(CNC2CCCCCCC2)c(Br)cc1OCc1ccccc1C. The molecule has 2 aromatic rings. The van der Waals surface area contributed by atoms with Crippen molar-refractivity contribution < 1.29 is 9.47 Å². The van der Waals surface area contributed by atoms with E-state index in [1.54, 1.807) is 7.11 Å². The van der Waals surface area contributed by atoms with Gasteiger partial charge in [0.05, 0.1) is 7.11 Å². The van der Waals surface area contributed by atoms with Crippen molar-refractivity contribution in [3.8, 4) is 11.5 Å². The second-order valence-corrected chi connectivity index (χ2v) is 8.59. The van der Waals surface area contributed by atoms with Crippen molar-refractivity contribution in [2.45, 2.75) is 71.1 Å². The van der Waals surface area contributed by atoms with E-state index in [2.05, 4.69) is 46.4 Å². The lowest BCUT2D eigenvalue weighted by Crippen LogP contribution is -2.29. The Morgan fingerprint density at radius 2 is 1.68 bits per heavy atom. The van der Waals surface area contributed by atoms with Crippen LogP contribution in [0, 0.1) is 6.92 Å². The molecule has 152 valence electrons. The largest absolute Gasteiger partial charge is 0.493 e. The molecular weight excluding hydrogens is 414 g/mol. The van der Waals surface area contributed by atoms with Gasteiger partial charge in [-0.2, -0.15) is 0 Å². The number of halogens is 1. The summed E-state index contributed by atoms with van der Waals surface area (Å²) in [7, 11) is 1.70. The molecule has 0 spiro atoms. The van der Waals surface area contributed by atoms with Gasteiger partial charge >= 0.3 is 0 Å². The van der Waals surface area contributed by atoms with Crippen molar-refractivity contribution in [1.29, 1.82) is 0 Å². The summed E-state index contributed by atoms with van der Waals surface area (Å²) in [6.07, 6.45) is 9.41. The fraction of sp³-hybridized carbons (Fsp3) is 0.500. The molecule has 1 N–H and O–H groups in total. The van der Waals surface area contributed by atoms with Crippen molar-refractivity contribution in [3.05, 3.63) is 57.6 Å². The van der Waals surface area contributed by atoms with E-state index in [-0.39, 0.29) is 0 Å². The first-order valence-electron chi connectivity index (χ1n) is 10.4. The quantitative estimate of drug-likeness (QED) is 0.523. The molecule has 4 heteroatoms. The minimum Gasteiger partial charge on any atom is -0.493 e. The lowest BCUT2D eigenvalue weighted by molar-refractivity contribution is 0.283. The van der Waals surface area contributed by atoms with E-state index in [1.807, 2.05) is 18.2 Å². The molecule has 0 bridgehead atoms. The Labute approximate surface area is 178 Å². The molecule has 0 radical (unpaired) electrons. The molecule has 3 rings (SSSR count). The van der Waals surface area contributed by atoms with Gasteiger partial charge in [0.25, 0.3) is 0 Å². The average molecular weight is 446 g/mol. The van der Waals surface area contributed by atoms with Crippen LogP contribution in [-0.2, 0) is 13.2 Å². The second-order valence-electron chi connectivity index (χ2n) is 7.73. The number of ether oxygens (including phenoxy) is 2. The maximum absolute atomic E-state index is 6.08. The number of aryl methyl sites for hydroxylation is 1. The molecule has 2 aromatic carbocycles. The molecule has 1 aliphatic carbocycles. The summed E-state index contributed by atoms with van der Waals surface area (Å²) in [5.41, 5.74) is 3.64. The summed E-state index contributed by atoms with van der Waals surface area (Å²) >= 11 is 3.73. The number of benzene rings is 2. The van der Waals surface area contributed by atoms with E-state index in [4.69, 9.17) is 9.47 Å². The maximum Gasteiger partial charge on any atom is 0.162 e. The Hall–Kier alpha value is -1.52. The fourth-order valence-corrected chi connectivity index (χ4v) is 4.29. The van der Waals surface area contributed by atoms with Crippen molar-refractivity contribution in [1.82, 2.24) is 5.32 Å². The standard InChI is InChI=1S/C24H32BrNO2/c1-18-10-8-9-11-19(18)17-28-24-15-22(25)20(14-23(24)27-2)16-26-21-12-6-4-3-5-7-13-21/h8-11,14-15,21,26H,3-7,12-13,16-17H2,1-2H3. The Bertz CT molecular complexity index is 754. The summed E-state index contributed by atoms with van der Waals surface area (Å²) in [4.78, 5) is 0. The lowest BCUT2D eigenvalue weighted by Gasteiger charge is -2.22. The summed E-state index contributed by atoms with van der Waals surface area (Å²) in [6.45, 7) is 3.49. The smallest absolute Gasteiger partial charge is 0.162 e. The molecule has 0 aliphatic heterocycles. The van der Waals surface area contributed by atoms with Gasteiger partial charge in [0.15, 0.2) is 11.5 Å². The molecule has 28 heavy (non-hydrogen) atoms. The maximum atomic E-state index is 6.08. The highest BCUT2D eigenvalue weighted by Gasteiger charge is 2.14. The summed E-state index contributed by atoms with van der Waals surface area (Å²) in [5, 5.41) is 3.76. The zero-order valence-electron chi connectivity index (χ0n) is 17.1. The second kappa shape index (κ2) is 10.9. The number of methoxy groups -OCH3 is 1. The molecule has 1 fully saturated rings. The van der Waals surface area contributed by atoms with Gasteiger partial charge in [-0.25, -0.2) is 0 Å². The lowest BCUT2D eigenvalue weighted by atomic mass is 9.96. The molecule has 0 saturated heterocycles. The number of hydrogen-bond acceptors (Lipinski definition) is 3. The molecule has 0 aromatic heterocycles. The van der Waals surface area contributed by atoms with Crippen molar-refractivity contribution in [2.75, 3.05) is 7.11 Å². The van der Waals surface area contributed by atoms with Crippen LogP contribution in [0.3, 0.4) is 0 Å². The van der Waals surface area contributed by atoms with E-state index in [0.717, 1.165) is 22.5 Å². The first-order chi connectivity index (χ1) is 13.7. The van der Waals surface area contributed by atoms with Crippen LogP contribution in [0.1, 0.15) is 61.6 Å². The van der Waals surface area contributed by atoms with Crippen LogP contribution in [0.25, 0.3) is 0 Å². The Morgan fingerprint density at radius 3 is 2.39 bits per heavy atom. The minimum atomic E-state index is 0.537. The molecule has 0 amide bonds. The highest BCUT2D eigenvalue weighted by Crippen LogP contribution is 2.34. The number of nitrogens with one attached hydrogen (secondary N) is 1. The predicted molar refractivity (Wildman–Crippen MR) is 119 cm³/mol. The third kappa shape index (κ3) is 5.99. The van der Waals surface area contributed by atoms with Crippen molar-refractivity contribution in [2.24, 2.45) is 0 Å². The zero-order chi connectivity index (χ0) is 19.8. The summed E-state index contributed by atoms with van der Waals surface area (Å²) in [6, 6.07) is 13.0. The highest BCUT2D eigenvalue weighted by molar-refractivity contribution is 9.10. The number of hydrogen-bond donors (Lipinski definition) is 1. The van der Waals surface area contributed by atoms with Gasteiger partial charge < -0.3 is 14.8 Å². The van der Waals surface area contributed by atoms with Crippen LogP contribution in [0.5, 0.6) is 11.5 Å². The molecule has 0 atom stereocenters. The van der Waals surface area contributed by atoms with Crippen LogP contribution in [-0.4, -0.2) is 13.2 Å². The van der Waals surface area contributed by atoms with E-state index < -0.39 is 0 Å². The number of rotatable bonds is 7. The van der Waals surface area contributed by atoms with Crippen molar-refractivity contribution >= 4 is 15.9 Å². The minimum absolute atomic E-state index is 0.537. The Kier molecular flexibility index (Phi) is 8.23. The van der Waals surface area contributed by atoms with E-state index in [1.165, 1.54) is 61.6 Å². The van der Waals surface area contributed by atoms with Gasteiger partial charge in [-0.05, 0) is 48.6 Å². The van der Waals surface area contributed by atoms with Crippen molar-refractivity contribution in [3.63, 3.8) is 0 Å². The summed E-state index contributed by atoms with van der Waals surface area (Å²) < 4.78 is 12.8. The Balaban J connectivity index is 1.64. The topological polar surface area (TPSA) is 30.5 Å². The van der Waals surface area contributed by atoms with Crippen LogP contribution in [0.2, 0.25) is 0 Å². The molecule has 0 heterocycles. The highest BCUT2D eigenvalue weighted by atomic mass is 79.9. The average Bonchev–Trinajstić information content (AvgIpc) is 2.67. The molecule has 0 unspecified atom stereocenters. The zero-order valence-corrected chi connectivity index (χ0v) is 18.7. The molecular formula is C24H32BrNO2. The monoisotopic (exact) mass is 445 g/mol. The normalized spacial score (nSPS) is 15.7. The summed E-state index contributed by atoms with van der Waals surface area (Å²) in [5.74, 6) is 1.55. The fourth-order valence-electron chi connectivity index (χ4n) is 3.83. The molecule has 1 saturated carbocycles. The van der Waals surface area contributed by atoms with Gasteiger partial charge in [0, 0.05) is 17.1 Å². The van der Waals surface area contributed by atoms with Gasteiger partial charge in [-0.3, -0.25) is 0 Å². The van der Waals surface area contributed by atoms with Gasteiger partial charge in [0.1, 0.15) is 6.61 Å². The van der Waals surface area contributed by atoms with Gasteiger partial charge in [-0.1, -0.05) is 72.3 Å². The predicted octanol–water partition coefficient (Wildman–Crippen LogP) is 6.55. The third-order valence-corrected chi connectivity index (χ3v) is 6.40. The van der Waals surface area contributed by atoms with Gasteiger partial charge in [0.2, 0.25) is 0 Å². The molecule has 1 aliphatic rings. The molecule has 3 nitrogen and oxygen atoms in total. The van der Waals surface area contributed by atoms with E-state index >= 15 is 0 Å². The van der Waals surface area contributed by atoms with Crippen LogP contribution >= 0.6 is 15.9 Å². The first-order valence-corrected chi connectivity index (χ1v) is 11.2.